The van der Waals surface area contributed by atoms with E-state index >= 15 is 0 Å². The van der Waals surface area contributed by atoms with E-state index < -0.39 is 20.4 Å². The number of aromatic nitrogens is 1. The van der Waals surface area contributed by atoms with Crippen LogP contribution in [-0.4, -0.2) is 10.4 Å². The molecule has 1 heterocycles. The molecule has 0 amide bonds. The molecule has 0 bridgehead atoms. The quantitative estimate of drug-likeness (QED) is 0.451. The Labute approximate surface area is 177 Å². The molecule has 142 valence electrons. The second-order valence-corrected chi connectivity index (χ2v) is 26.3. The van der Waals surface area contributed by atoms with Gasteiger partial charge in [0, 0.05) is 0 Å². The third-order valence-electron chi connectivity index (χ3n) is 6.70. The maximum atomic E-state index is 4.69. The first-order valence-electron chi connectivity index (χ1n) is 10.2. The zero-order valence-corrected chi connectivity index (χ0v) is 21.3. The molecule has 0 spiro atoms. The van der Waals surface area contributed by atoms with Crippen molar-refractivity contribution in [3.8, 4) is 0 Å². The van der Waals surface area contributed by atoms with E-state index in [1.807, 2.05) is 12.3 Å². The number of hydrogen-bond acceptors (Lipinski definition) is 1. The molecule has 1 aromatic heterocycles. The molecule has 1 nitrogen and oxygen atoms in total. The van der Waals surface area contributed by atoms with Gasteiger partial charge >= 0.3 is 178 Å². The number of pyridine rings is 1. The van der Waals surface area contributed by atoms with Gasteiger partial charge in [-0.2, -0.15) is 0 Å². The summed E-state index contributed by atoms with van der Waals surface area (Å²) in [6.07, 6.45) is 4.53. The summed E-state index contributed by atoms with van der Waals surface area (Å²) in [6.45, 7) is 14.7. The zero-order chi connectivity index (χ0) is 20.0. The van der Waals surface area contributed by atoms with Gasteiger partial charge in [-0.3, -0.25) is 0 Å². The molecular weight excluding hydrogens is 434 g/mol. The molecule has 0 aliphatic heterocycles. The minimum absolute atomic E-state index is 0.333. The minimum atomic E-state index is -1.86. The fourth-order valence-electron chi connectivity index (χ4n) is 4.96. The first kappa shape index (κ1) is 20.0. The number of hydrogen-bond donors (Lipinski definition) is 0. The Morgan fingerprint density at radius 1 is 0.857 bits per heavy atom. The van der Waals surface area contributed by atoms with Crippen LogP contribution in [0.1, 0.15) is 48.1 Å². The predicted molar refractivity (Wildman–Crippen MR) is 118 cm³/mol. The van der Waals surface area contributed by atoms with Crippen LogP contribution in [0.3, 0.4) is 0 Å². The Morgan fingerprint density at radius 3 is 2.11 bits per heavy atom. The van der Waals surface area contributed by atoms with Crippen molar-refractivity contribution in [3.05, 3.63) is 93.9 Å². The van der Waals surface area contributed by atoms with E-state index in [9.17, 15) is 0 Å². The molecule has 2 aliphatic rings. The molecule has 1 unspecified atom stereocenters. The number of nitrogens with zero attached hydrogens (tertiary/aromatic N) is 1. The molecule has 0 saturated carbocycles. The van der Waals surface area contributed by atoms with Crippen LogP contribution in [0.25, 0.3) is 5.57 Å². The van der Waals surface area contributed by atoms with Gasteiger partial charge in [-0.1, -0.05) is 0 Å². The second kappa shape index (κ2) is 7.84. The van der Waals surface area contributed by atoms with Crippen molar-refractivity contribution in [2.75, 3.05) is 0 Å². The normalized spacial score (nSPS) is 19.2. The van der Waals surface area contributed by atoms with Gasteiger partial charge in [-0.05, 0) is 0 Å². The van der Waals surface area contributed by atoms with Crippen LogP contribution in [0.15, 0.2) is 77.0 Å². The van der Waals surface area contributed by atoms with Gasteiger partial charge in [0.05, 0.1) is 0 Å². The fourth-order valence-corrected chi connectivity index (χ4v) is 25.5. The van der Waals surface area contributed by atoms with E-state index in [-0.39, 0.29) is 5.43 Å². The van der Waals surface area contributed by atoms with Gasteiger partial charge in [0.1, 0.15) is 0 Å². The van der Waals surface area contributed by atoms with Gasteiger partial charge < -0.3 is 0 Å². The Hall–Kier alpha value is -1.31. The summed E-state index contributed by atoms with van der Waals surface area (Å²) >= 11 is -1.86. The molecule has 0 radical (unpaired) electrons. The van der Waals surface area contributed by atoms with Crippen LogP contribution >= 0.6 is 0 Å². The standard InChI is InChI=1S/C14H10N.C9H13.C2H6Si.Zr/c1-2-6-12-11(5-1)8-9-13(12)14-7-3-4-10-15-14;1-6-5-7(2)9(4)8(6)3;1-3-2;/h1-10H;5H,1-4H3;1-2H3;. The van der Waals surface area contributed by atoms with E-state index in [2.05, 4.69) is 83.3 Å². The van der Waals surface area contributed by atoms with Gasteiger partial charge in [0.25, 0.3) is 0 Å². The summed E-state index contributed by atoms with van der Waals surface area (Å²) in [6, 6.07) is 15.4. The Kier molecular flexibility index (Phi) is 5.60. The topological polar surface area (TPSA) is 12.9 Å². The molecule has 1 aromatic carbocycles. The fraction of sp³-hybridized carbons (Fsp3) is 0.320. The van der Waals surface area contributed by atoms with Crippen molar-refractivity contribution in [1.29, 1.82) is 0 Å². The van der Waals surface area contributed by atoms with Gasteiger partial charge in [0.15, 0.2) is 0 Å². The van der Waals surface area contributed by atoms with Crippen molar-refractivity contribution in [1.82, 2.24) is 4.98 Å². The molecule has 0 saturated heterocycles. The van der Waals surface area contributed by atoms with Crippen molar-refractivity contribution in [3.63, 3.8) is 0 Å². The van der Waals surface area contributed by atoms with E-state index in [0.29, 0.717) is 3.63 Å². The number of benzene rings is 1. The number of fused-ring (bicyclic) bond motifs is 1. The van der Waals surface area contributed by atoms with Crippen LogP contribution in [-0.2, 0) is 20.4 Å². The van der Waals surface area contributed by atoms with Crippen LogP contribution in [0.5, 0.6) is 0 Å². The summed E-state index contributed by atoms with van der Waals surface area (Å²) in [4.78, 5) is 4.69. The van der Waals surface area contributed by atoms with Gasteiger partial charge in [-0.15, -0.1) is 0 Å². The summed E-state index contributed by atoms with van der Waals surface area (Å²) in [7, 11) is 0. The van der Waals surface area contributed by atoms with Crippen molar-refractivity contribution in [2.24, 2.45) is 0 Å². The SMILES string of the molecule is CC1=C(C)[CH]([Zr]([CH]2C=C(c3ccccn3)c3ccccc32)=[Si](C)C)C(C)=C1C. The summed E-state index contributed by atoms with van der Waals surface area (Å²) in [5.74, 6) is 0. The molecule has 0 N–H and O–H groups in total. The van der Waals surface area contributed by atoms with Crippen LogP contribution in [0.2, 0.25) is 16.7 Å². The van der Waals surface area contributed by atoms with E-state index in [1.54, 1.807) is 27.9 Å². The number of rotatable bonds is 3. The average Bonchev–Trinajstić information content (AvgIpc) is 3.17. The van der Waals surface area contributed by atoms with E-state index in [1.165, 1.54) is 11.1 Å². The third-order valence-corrected chi connectivity index (χ3v) is 26.4. The Bertz CT molecular complexity index is 1040. The first-order chi connectivity index (χ1) is 13.4. The molecular formula is C25H29NSiZr. The molecule has 1 atom stereocenters. The number of allylic oxidation sites excluding steroid dienone is 5. The maximum absolute atomic E-state index is 4.69. The molecule has 2 aromatic rings. The molecule has 3 heteroatoms. The third kappa shape index (κ3) is 3.21. The predicted octanol–water partition coefficient (Wildman–Crippen LogP) is 6.91. The Balaban J connectivity index is 1.90. The van der Waals surface area contributed by atoms with Crippen LogP contribution < -0.4 is 0 Å². The van der Waals surface area contributed by atoms with Gasteiger partial charge in [-0.25, -0.2) is 0 Å². The average molecular weight is 463 g/mol. The van der Waals surface area contributed by atoms with Crippen molar-refractivity contribution < 1.29 is 20.4 Å². The zero-order valence-electron chi connectivity index (χ0n) is 17.8. The summed E-state index contributed by atoms with van der Waals surface area (Å²) in [5.41, 5.74) is 11.6. The monoisotopic (exact) mass is 461 g/mol. The molecule has 4 rings (SSSR count). The summed E-state index contributed by atoms with van der Waals surface area (Å²) in [5, 5.41) is 0. The van der Waals surface area contributed by atoms with Crippen LogP contribution in [0.4, 0.5) is 0 Å². The molecule has 2 aliphatic carbocycles. The van der Waals surface area contributed by atoms with E-state index in [0.717, 1.165) is 9.32 Å². The van der Waals surface area contributed by atoms with Crippen LogP contribution in [0, 0.1) is 0 Å². The molecule has 28 heavy (non-hydrogen) atoms. The van der Waals surface area contributed by atoms with Gasteiger partial charge in [0.2, 0.25) is 0 Å². The van der Waals surface area contributed by atoms with Crippen molar-refractivity contribution >= 4 is 11.0 Å². The van der Waals surface area contributed by atoms with E-state index in [4.69, 9.17) is 4.98 Å². The molecule has 0 fully saturated rings. The second-order valence-electron chi connectivity index (χ2n) is 8.36. The first-order valence-corrected chi connectivity index (χ1v) is 19.2. The summed E-state index contributed by atoms with van der Waals surface area (Å²) < 4.78 is 1.43. The van der Waals surface area contributed by atoms with Crippen molar-refractivity contribution in [2.45, 2.75) is 48.0 Å². The Morgan fingerprint density at radius 2 is 1.50 bits per heavy atom.